The Hall–Kier alpha value is -1.79. The summed E-state index contributed by atoms with van der Waals surface area (Å²) in [4.78, 5) is 37.2. The van der Waals surface area contributed by atoms with Crippen molar-refractivity contribution in [2.75, 3.05) is 6.54 Å². The molecular weight excluding hydrogens is 332 g/mol. The van der Waals surface area contributed by atoms with Gasteiger partial charge in [-0.2, -0.15) is 0 Å². The molecule has 6 heteroatoms. The third-order valence-corrected chi connectivity index (χ3v) is 5.74. The molecule has 0 aromatic rings. The minimum absolute atomic E-state index is 0.0191. The molecule has 1 fully saturated rings. The first kappa shape index (κ1) is 20.5. The van der Waals surface area contributed by atoms with Gasteiger partial charge in [0.05, 0.1) is 0 Å². The van der Waals surface area contributed by atoms with Crippen LogP contribution in [0.3, 0.4) is 0 Å². The van der Waals surface area contributed by atoms with Crippen LogP contribution < -0.4 is 10.6 Å². The molecule has 3 atom stereocenters. The van der Waals surface area contributed by atoms with Gasteiger partial charge in [0.2, 0.25) is 0 Å². The van der Waals surface area contributed by atoms with Gasteiger partial charge in [-0.3, -0.25) is 14.4 Å². The van der Waals surface area contributed by atoms with E-state index in [2.05, 4.69) is 10.6 Å². The fourth-order valence-electron chi connectivity index (χ4n) is 3.50. The van der Waals surface area contributed by atoms with Crippen LogP contribution in [-0.2, 0) is 14.4 Å². The van der Waals surface area contributed by atoms with Gasteiger partial charge in [0.25, 0.3) is 5.91 Å². The van der Waals surface area contributed by atoms with E-state index in [1.807, 2.05) is 6.92 Å². The number of ketones is 2. The molecule has 0 aromatic carbocycles. The fraction of sp³-hybridized carbons (Fsp3) is 0.650. The number of piperidine rings is 1. The second kappa shape index (κ2) is 7.84. The van der Waals surface area contributed by atoms with Crippen LogP contribution in [0, 0.1) is 0 Å². The van der Waals surface area contributed by atoms with Gasteiger partial charge < -0.3 is 15.7 Å². The number of allylic oxidation sites excluding steroid dienone is 4. The van der Waals surface area contributed by atoms with Crippen molar-refractivity contribution < 1.29 is 19.5 Å². The van der Waals surface area contributed by atoms with Gasteiger partial charge >= 0.3 is 0 Å². The van der Waals surface area contributed by atoms with Crippen LogP contribution in [0.25, 0.3) is 0 Å². The summed E-state index contributed by atoms with van der Waals surface area (Å²) < 4.78 is 0. The van der Waals surface area contributed by atoms with E-state index in [1.165, 1.54) is 6.92 Å². The highest BCUT2D eigenvalue weighted by molar-refractivity contribution is 6.24. The SMILES string of the molecule is CC1=C(C)C(=O)C(CC[C@@](C)(O)C(=O)N[C@@H]2CCCN[C@@H]2C)=C(C)C1=O. The smallest absolute Gasteiger partial charge is 0.251 e. The van der Waals surface area contributed by atoms with Crippen molar-refractivity contribution in [2.24, 2.45) is 0 Å². The van der Waals surface area contributed by atoms with Gasteiger partial charge in [-0.25, -0.2) is 0 Å². The monoisotopic (exact) mass is 362 g/mol. The first-order valence-electron chi connectivity index (χ1n) is 9.29. The molecule has 1 aliphatic carbocycles. The Kier molecular flexibility index (Phi) is 6.19. The minimum Gasteiger partial charge on any atom is -0.380 e. The van der Waals surface area contributed by atoms with Crippen LogP contribution in [0.5, 0.6) is 0 Å². The van der Waals surface area contributed by atoms with E-state index in [4.69, 9.17) is 0 Å². The van der Waals surface area contributed by atoms with E-state index >= 15 is 0 Å². The van der Waals surface area contributed by atoms with Crippen molar-refractivity contribution >= 4 is 17.5 Å². The van der Waals surface area contributed by atoms with E-state index in [-0.39, 0.29) is 36.5 Å². The number of carbonyl (C=O) groups excluding carboxylic acids is 3. The summed E-state index contributed by atoms with van der Waals surface area (Å²) in [6, 6.07) is 0.135. The zero-order valence-corrected chi connectivity index (χ0v) is 16.4. The van der Waals surface area contributed by atoms with Crippen molar-refractivity contribution in [3.8, 4) is 0 Å². The van der Waals surface area contributed by atoms with Crippen molar-refractivity contribution in [1.82, 2.24) is 10.6 Å². The molecule has 2 rings (SSSR count). The Morgan fingerprint density at radius 1 is 1.19 bits per heavy atom. The zero-order valence-electron chi connectivity index (χ0n) is 16.4. The minimum atomic E-state index is -1.60. The molecule has 2 aliphatic rings. The molecule has 0 unspecified atom stereocenters. The molecule has 0 radical (unpaired) electrons. The lowest BCUT2D eigenvalue weighted by molar-refractivity contribution is -0.140. The Labute approximate surface area is 155 Å². The number of nitrogens with one attached hydrogen (secondary N) is 2. The summed E-state index contributed by atoms with van der Waals surface area (Å²) in [5.74, 6) is -0.737. The lowest BCUT2D eigenvalue weighted by Crippen LogP contribution is -2.56. The van der Waals surface area contributed by atoms with Crippen molar-refractivity contribution in [2.45, 2.75) is 78.0 Å². The van der Waals surface area contributed by atoms with E-state index in [1.54, 1.807) is 20.8 Å². The van der Waals surface area contributed by atoms with Crippen molar-refractivity contribution in [1.29, 1.82) is 0 Å². The molecule has 0 saturated carbocycles. The summed E-state index contributed by atoms with van der Waals surface area (Å²) in [5, 5.41) is 16.8. The van der Waals surface area contributed by atoms with E-state index in [9.17, 15) is 19.5 Å². The molecule has 0 aromatic heterocycles. The van der Waals surface area contributed by atoms with Gasteiger partial charge in [0, 0.05) is 34.4 Å². The Bertz CT molecular complexity index is 688. The number of amides is 1. The Morgan fingerprint density at radius 3 is 2.42 bits per heavy atom. The fourth-order valence-corrected chi connectivity index (χ4v) is 3.50. The maximum atomic E-state index is 12.5. The number of hydrogen-bond donors (Lipinski definition) is 3. The summed E-state index contributed by atoms with van der Waals surface area (Å²) in [5.41, 5.74) is 0.136. The topological polar surface area (TPSA) is 95.5 Å². The summed E-state index contributed by atoms with van der Waals surface area (Å²) in [6.45, 7) is 9.33. The quantitative estimate of drug-likeness (QED) is 0.646. The molecular formula is C20H30N2O4. The summed E-state index contributed by atoms with van der Waals surface area (Å²) in [6.07, 6.45) is 2.13. The first-order chi connectivity index (χ1) is 12.1. The van der Waals surface area contributed by atoms with Crippen LogP contribution in [0.2, 0.25) is 0 Å². The average molecular weight is 362 g/mol. The van der Waals surface area contributed by atoms with Crippen molar-refractivity contribution in [3.63, 3.8) is 0 Å². The molecule has 144 valence electrons. The van der Waals surface area contributed by atoms with Gasteiger partial charge in [-0.15, -0.1) is 0 Å². The highest BCUT2D eigenvalue weighted by Gasteiger charge is 2.35. The van der Waals surface area contributed by atoms with E-state index in [0.717, 1.165) is 19.4 Å². The van der Waals surface area contributed by atoms with Crippen molar-refractivity contribution in [3.05, 3.63) is 22.3 Å². The maximum Gasteiger partial charge on any atom is 0.251 e. The average Bonchev–Trinajstić information content (AvgIpc) is 2.60. The zero-order chi connectivity index (χ0) is 19.6. The highest BCUT2D eigenvalue weighted by atomic mass is 16.3. The molecule has 1 saturated heterocycles. The molecule has 0 bridgehead atoms. The van der Waals surface area contributed by atoms with Gasteiger partial charge in [-0.05, 0) is 66.8 Å². The second-order valence-electron chi connectivity index (χ2n) is 7.75. The normalized spacial score (nSPS) is 26.8. The van der Waals surface area contributed by atoms with E-state index in [0.29, 0.717) is 22.3 Å². The summed E-state index contributed by atoms with van der Waals surface area (Å²) >= 11 is 0. The third kappa shape index (κ3) is 4.13. The molecule has 26 heavy (non-hydrogen) atoms. The van der Waals surface area contributed by atoms with Crippen LogP contribution in [0.1, 0.15) is 60.3 Å². The molecule has 1 amide bonds. The lowest BCUT2D eigenvalue weighted by Gasteiger charge is -2.33. The number of Topliss-reactive ketones (excluding diaryl/α,β-unsaturated/α-hetero) is 2. The molecule has 0 spiro atoms. The molecule has 3 N–H and O–H groups in total. The van der Waals surface area contributed by atoms with Gasteiger partial charge in [0.15, 0.2) is 11.6 Å². The summed E-state index contributed by atoms with van der Waals surface area (Å²) in [7, 11) is 0. The maximum absolute atomic E-state index is 12.5. The predicted octanol–water partition coefficient (Wildman–Crippen LogP) is 1.58. The van der Waals surface area contributed by atoms with Gasteiger partial charge in [-0.1, -0.05) is 0 Å². The highest BCUT2D eigenvalue weighted by Crippen LogP contribution is 2.29. The number of aliphatic hydroxyl groups is 1. The number of rotatable bonds is 5. The third-order valence-electron chi connectivity index (χ3n) is 5.74. The number of hydrogen-bond acceptors (Lipinski definition) is 5. The Balaban J connectivity index is 2.04. The van der Waals surface area contributed by atoms with Crippen LogP contribution in [0.4, 0.5) is 0 Å². The number of carbonyl (C=O) groups is 3. The largest absolute Gasteiger partial charge is 0.380 e. The van der Waals surface area contributed by atoms with Crippen LogP contribution >= 0.6 is 0 Å². The first-order valence-corrected chi connectivity index (χ1v) is 9.29. The van der Waals surface area contributed by atoms with Crippen LogP contribution in [-0.4, -0.2) is 46.8 Å². The van der Waals surface area contributed by atoms with E-state index < -0.39 is 11.5 Å². The lowest BCUT2D eigenvalue weighted by atomic mass is 9.82. The van der Waals surface area contributed by atoms with Gasteiger partial charge in [0.1, 0.15) is 5.60 Å². The standard InChI is InChI=1S/C20H30N2O4/c1-11-12(2)18(24)15(13(3)17(11)23)8-9-20(5,26)19(25)22-16-7-6-10-21-14(16)4/h14,16,21,26H,6-10H2,1-5H3,(H,22,25)/t14-,16-,20-/m1/s1. The predicted molar refractivity (Wildman–Crippen MR) is 99.6 cm³/mol. The molecule has 1 heterocycles. The second-order valence-corrected chi connectivity index (χ2v) is 7.75. The molecule has 1 aliphatic heterocycles. The molecule has 6 nitrogen and oxygen atoms in total. The van der Waals surface area contributed by atoms with Crippen LogP contribution in [0.15, 0.2) is 22.3 Å². The Morgan fingerprint density at radius 2 is 1.81 bits per heavy atom.